The van der Waals surface area contributed by atoms with E-state index in [0.717, 1.165) is 6.07 Å². The van der Waals surface area contributed by atoms with Gasteiger partial charge in [0.25, 0.3) is 0 Å². The summed E-state index contributed by atoms with van der Waals surface area (Å²) < 4.78 is 18.5. The maximum absolute atomic E-state index is 13.0. The number of furan rings is 1. The number of benzene rings is 1. The van der Waals surface area contributed by atoms with Crippen molar-refractivity contribution in [3.8, 4) is 0 Å². The first kappa shape index (κ1) is 10.9. The van der Waals surface area contributed by atoms with Gasteiger partial charge in [-0.15, -0.1) is 0 Å². The Bertz CT molecular complexity index is 551. The summed E-state index contributed by atoms with van der Waals surface area (Å²) in [7, 11) is 0. The molecule has 0 unspecified atom stereocenters. The van der Waals surface area contributed by atoms with Crippen molar-refractivity contribution in [3.05, 3.63) is 52.1 Å². The molecule has 0 aliphatic rings. The largest absolute Gasteiger partial charge is 0.446 e. The number of carbonyl (C=O) groups is 1. The van der Waals surface area contributed by atoms with Crippen molar-refractivity contribution in [1.29, 1.82) is 0 Å². The molecule has 2 aromatic rings. The van der Waals surface area contributed by atoms with Crippen LogP contribution in [0.2, 0.25) is 0 Å². The Morgan fingerprint density at radius 2 is 2.06 bits per heavy atom. The molecule has 3 nitrogen and oxygen atoms in total. The number of hydrogen-bond donors (Lipinski definition) is 1. The Morgan fingerprint density at radius 1 is 1.31 bits per heavy atom. The van der Waals surface area contributed by atoms with Crippen molar-refractivity contribution in [1.82, 2.24) is 0 Å². The molecular weight excluding hydrogens is 277 g/mol. The highest BCUT2D eigenvalue weighted by Gasteiger charge is 2.16. The van der Waals surface area contributed by atoms with E-state index >= 15 is 0 Å². The second-order valence-corrected chi connectivity index (χ2v) is 3.95. The number of anilines is 1. The van der Waals surface area contributed by atoms with Crippen LogP contribution in [0.4, 0.5) is 10.1 Å². The van der Waals surface area contributed by atoms with E-state index in [4.69, 9.17) is 10.2 Å². The Kier molecular flexibility index (Phi) is 2.78. The summed E-state index contributed by atoms with van der Waals surface area (Å²) >= 11 is 3.08. The fourth-order valence-corrected chi connectivity index (χ4v) is 1.60. The second-order valence-electron chi connectivity index (χ2n) is 3.16. The molecule has 2 N–H and O–H groups in total. The van der Waals surface area contributed by atoms with Gasteiger partial charge in [0, 0.05) is 5.69 Å². The van der Waals surface area contributed by atoms with Crippen LogP contribution in [0, 0.1) is 5.82 Å². The molecule has 0 aliphatic heterocycles. The lowest BCUT2D eigenvalue weighted by atomic mass is 10.1. The van der Waals surface area contributed by atoms with Gasteiger partial charge in [-0.3, -0.25) is 4.79 Å². The zero-order chi connectivity index (χ0) is 11.7. The maximum atomic E-state index is 13.0. The van der Waals surface area contributed by atoms with Gasteiger partial charge >= 0.3 is 0 Å². The molecule has 0 radical (unpaired) electrons. The van der Waals surface area contributed by atoms with Crippen molar-refractivity contribution in [3.63, 3.8) is 0 Å². The summed E-state index contributed by atoms with van der Waals surface area (Å²) in [6.07, 6.45) is 0. The minimum Gasteiger partial charge on any atom is -0.446 e. The Labute approximate surface area is 99.2 Å². The molecule has 1 aromatic carbocycles. The monoisotopic (exact) mass is 283 g/mol. The van der Waals surface area contributed by atoms with Crippen molar-refractivity contribution < 1.29 is 13.6 Å². The van der Waals surface area contributed by atoms with Gasteiger partial charge < -0.3 is 10.2 Å². The number of rotatable bonds is 2. The number of ketones is 1. The molecule has 0 atom stereocenters. The number of hydrogen-bond acceptors (Lipinski definition) is 3. The van der Waals surface area contributed by atoms with Crippen LogP contribution in [0.15, 0.2) is 39.4 Å². The average Bonchev–Trinajstić information content (AvgIpc) is 2.67. The highest BCUT2D eigenvalue weighted by atomic mass is 79.9. The van der Waals surface area contributed by atoms with Crippen molar-refractivity contribution in [2.24, 2.45) is 0 Å². The van der Waals surface area contributed by atoms with Crippen LogP contribution in [-0.4, -0.2) is 5.78 Å². The number of nitrogen functional groups attached to an aromatic ring is 1. The van der Waals surface area contributed by atoms with Gasteiger partial charge in [-0.25, -0.2) is 4.39 Å². The van der Waals surface area contributed by atoms with Crippen LogP contribution in [0.25, 0.3) is 0 Å². The van der Waals surface area contributed by atoms with Crippen LogP contribution in [-0.2, 0) is 0 Å². The van der Waals surface area contributed by atoms with E-state index in [2.05, 4.69) is 15.9 Å². The molecule has 0 saturated heterocycles. The summed E-state index contributed by atoms with van der Waals surface area (Å²) in [6.45, 7) is 0. The quantitative estimate of drug-likeness (QED) is 0.681. The summed E-state index contributed by atoms with van der Waals surface area (Å²) in [5.74, 6) is -0.838. The minimum atomic E-state index is -0.511. The van der Waals surface area contributed by atoms with Crippen LogP contribution in [0.1, 0.15) is 16.1 Å². The van der Waals surface area contributed by atoms with E-state index in [9.17, 15) is 9.18 Å². The molecule has 82 valence electrons. The molecule has 0 saturated carbocycles. The van der Waals surface area contributed by atoms with E-state index in [0.29, 0.717) is 4.67 Å². The SMILES string of the molecule is Nc1ccc(F)cc1C(=O)c1ccc(Br)o1. The highest BCUT2D eigenvalue weighted by molar-refractivity contribution is 9.10. The van der Waals surface area contributed by atoms with Crippen molar-refractivity contribution in [2.75, 3.05) is 5.73 Å². The summed E-state index contributed by atoms with van der Waals surface area (Å²) in [6, 6.07) is 6.72. The molecule has 1 heterocycles. The summed E-state index contributed by atoms with van der Waals surface area (Å²) in [4.78, 5) is 11.9. The first-order chi connectivity index (χ1) is 7.58. The lowest BCUT2D eigenvalue weighted by Gasteiger charge is -2.02. The zero-order valence-corrected chi connectivity index (χ0v) is 9.62. The third-order valence-corrected chi connectivity index (χ3v) is 2.48. The topological polar surface area (TPSA) is 56.2 Å². The van der Waals surface area contributed by atoms with Crippen molar-refractivity contribution >= 4 is 27.4 Å². The molecule has 0 bridgehead atoms. The van der Waals surface area contributed by atoms with E-state index in [1.165, 1.54) is 18.2 Å². The molecule has 0 fully saturated rings. The van der Waals surface area contributed by atoms with Gasteiger partial charge in [0.1, 0.15) is 5.82 Å². The Balaban J connectivity index is 2.45. The molecule has 0 spiro atoms. The molecule has 1 aromatic heterocycles. The van der Waals surface area contributed by atoms with Gasteiger partial charge in [-0.1, -0.05) is 0 Å². The van der Waals surface area contributed by atoms with Crippen LogP contribution >= 0.6 is 15.9 Å². The predicted octanol–water partition coefficient (Wildman–Crippen LogP) is 2.99. The first-order valence-corrected chi connectivity index (χ1v) is 5.22. The van der Waals surface area contributed by atoms with Gasteiger partial charge in [0.15, 0.2) is 10.4 Å². The fraction of sp³-hybridized carbons (Fsp3) is 0. The number of halogens is 2. The zero-order valence-electron chi connectivity index (χ0n) is 8.04. The maximum Gasteiger partial charge on any atom is 0.230 e. The predicted molar refractivity (Wildman–Crippen MR) is 60.7 cm³/mol. The molecule has 5 heteroatoms. The van der Waals surface area contributed by atoms with Crippen LogP contribution in [0.5, 0.6) is 0 Å². The van der Waals surface area contributed by atoms with Gasteiger partial charge in [0.2, 0.25) is 5.78 Å². The number of nitrogens with two attached hydrogens (primary N) is 1. The molecule has 0 amide bonds. The van der Waals surface area contributed by atoms with E-state index in [1.54, 1.807) is 6.07 Å². The Morgan fingerprint density at radius 3 is 2.69 bits per heavy atom. The highest BCUT2D eigenvalue weighted by Crippen LogP contribution is 2.21. The summed E-state index contributed by atoms with van der Waals surface area (Å²) in [5.41, 5.74) is 5.91. The normalized spacial score (nSPS) is 10.4. The van der Waals surface area contributed by atoms with Crippen LogP contribution < -0.4 is 5.73 Å². The fourth-order valence-electron chi connectivity index (χ4n) is 1.29. The van der Waals surface area contributed by atoms with Crippen LogP contribution in [0.3, 0.4) is 0 Å². The molecule has 0 aliphatic carbocycles. The molecule has 2 rings (SSSR count). The minimum absolute atomic E-state index is 0.0989. The van der Waals surface area contributed by atoms with Gasteiger partial charge in [-0.2, -0.15) is 0 Å². The average molecular weight is 284 g/mol. The molecule has 16 heavy (non-hydrogen) atoms. The first-order valence-electron chi connectivity index (χ1n) is 4.43. The summed E-state index contributed by atoms with van der Waals surface area (Å²) in [5, 5.41) is 0. The smallest absolute Gasteiger partial charge is 0.230 e. The lowest BCUT2D eigenvalue weighted by Crippen LogP contribution is -2.04. The van der Waals surface area contributed by atoms with Crippen molar-refractivity contribution in [2.45, 2.75) is 0 Å². The Hall–Kier alpha value is -1.62. The lowest BCUT2D eigenvalue weighted by molar-refractivity contribution is 0.101. The number of carbonyl (C=O) groups excluding carboxylic acids is 1. The third kappa shape index (κ3) is 1.99. The second kappa shape index (κ2) is 4.09. The standard InChI is InChI=1S/C11H7BrFNO2/c12-10-4-3-9(16-10)11(15)7-5-6(13)1-2-8(7)14/h1-5H,14H2. The van der Waals surface area contributed by atoms with E-state index in [-0.39, 0.29) is 17.0 Å². The van der Waals surface area contributed by atoms with Gasteiger partial charge in [0.05, 0.1) is 5.56 Å². The molecular formula is C11H7BrFNO2. The van der Waals surface area contributed by atoms with E-state index < -0.39 is 11.6 Å². The van der Waals surface area contributed by atoms with Gasteiger partial charge in [-0.05, 0) is 46.3 Å². The van der Waals surface area contributed by atoms with E-state index in [1.807, 2.05) is 0 Å². The third-order valence-electron chi connectivity index (χ3n) is 2.06.